The number of hydrogen-bond acceptors (Lipinski definition) is 5. The maximum Gasteiger partial charge on any atom is 0.251 e. The van der Waals surface area contributed by atoms with Crippen LogP contribution in [0.3, 0.4) is 0 Å². The Bertz CT molecular complexity index is 509. The summed E-state index contributed by atoms with van der Waals surface area (Å²) in [5.74, 6) is 0.902. The third-order valence-corrected chi connectivity index (χ3v) is 4.61. The van der Waals surface area contributed by atoms with Gasteiger partial charge in [0.15, 0.2) is 6.79 Å². The minimum absolute atomic E-state index is 0.163. The molecule has 0 spiro atoms. The lowest BCUT2D eigenvalue weighted by molar-refractivity contribution is -0.0102. The van der Waals surface area contributed by atoms with Gasteiger partial charge in [-0.15, -0.1) is 0 Å². The van der Waals surface area contributed by atoms with Crippen LogP contribution in [0.25, 0.3) is 0 Å². The minimum atomic E-state index is -0.844. The van der Waals surface area contributed by atoms with Crippen molar-refractivity contribution >= 4 is 5.91 Å². The van der Waals surface area contributed by atoms with E-state index in [-0.39, 0.29) is 25.9 Å². The number of carbonyl (C=O) groups excluding carboxylic acids is 1. The summed E-state index contributed by atoms with van der Waals surface area (Å²) in [6, 6.07) is 6.79. The lowest BCUT2D eigenvalue weighted by atomic mass is 9.77. The first-order valence-electron chi connectivity index (χ1n) is 8.39. The van der Waals surface area contributed by atoms with E-state index in [1.54, 1.807) is 31.4 Å². The van der Waals surface area contributed by atoms with E-state index in [1.165, 1.54) is 0 Å². The Morgan fingerprint density at radius 1 is 1.29 bits per heavy atom. The predicted octanol–water partition coefficient (Wildman–Crippen LogP) is 1.70. The lowest BCUT2D eigenvalue weighted by Gasteiger charge is -2.36. The highest BCUT2D eigenvalue weighted by atomic mass is 16.7. The molecule has 1 aromatic rings. The van der Waals surface area contributed by atoms with Gasteiger partial charge in [-0.2, -0.15) is 0 Å². The van der Waals surface area contributed by atoms with Crippen LogP contribution in [0.2, 0.25) is 0 Å². The normalized spacial score (nSPS) is 23.7. The van der Waals surface area contributed by atoms with Crippen molar-refractivity contribution in [1.29, 1.82) is 0 Å². The van der Waals surface area contributed by atoms with Gasteiger partial charge in [0.25, 0.3) is 5.91 Å². The van der Waals surface area contributed by atoms with Gasteiger partial charge >= 0.3 is 0 Å². The molecule has 0 aliphatic heterocycles. The average Bonchev–Trinajstić information content (AvgIpc) is 2.61. The van der Waals surface area contributed by atoms with Crippen molar-refractivity contribution in [2.45, 2.75) is 37.7 Å². The van der Waals surface area contributed by atoms with E-state index in [1.807, 2.05) is 0 Å². The first-order chi connectivity index (χ1) is 11.6. The molecule has 0 saturated heterocycles. The predicted molar refractivity (Wildman–Crippen MR) is 89.9 cm³/mol. The monoisotopic (exact) mass is 337 g/mol. The molecule has 1 aliphatic carbocycles. The Labute approximate surface area is 142 Å². The standard InChI is InChI=1S/C18H27NO5/c1-23-13-24-16-4-2-15(3-5-16)17(21)19-12-18(22)9-6-14(7-10-18)8-11-20/h2-5,14,20,22H,6-13H2,1H3,(H,19,21)/t14-,18+. The Balaban J connectivity index is 1.80. The number of benzene rings is 1. The molecule has 1 saturated carbocycles. The third-order valence-electron chi connectivity index (χ3n) is 4.61. The molecule has 134 valence electrons. The molecule has 1 fully saturated rings. The van der Waals surface area contributed by atoms with E-state index in [2.05, 4.69) is 5.32 Å². The van der Waals surface area contributed by atoms with Crippen molar-refractivity contribution in [3.8, 4) is 5.75 Å². The second-order valence-electron chi connectivity index (χ2n) is 6.44. The third kappa shape index (κ3) is 5.47. The molecule has 1 aliphatic rings. The molecule has 1 aromatic carbocycles. The Morgan fingerprint density at radius 2 is 1.96 bits per heavy atom. The van der Waals surface area contributed by atoms with Gasteiger partial charge in [0, 0.05) is 25.8 Å². The SMILES string of the molecule is COCOc1ccc(C(=O)NC[C@]2(O)CC[C@@H](CCO)CC2)cc1. The number of aliphatic hydroxyl groups excluding tert-OH is 1. The topological polar surface area (TPSA) is 88.0 Å². The highest BCUT2D eigenvalue weighted by molar-refractivity contribution is 5.94. The van der Waals surface area contributed by atoms with Gasteiger partial charge in [-0.3, -0.25) is 4.79 Å². The Kier molecular flexibility index (Phi) is 7.02. The molecular formula is C18H27NO5. The first kappa shape index (κ1) is 18.7. The summed E-state index contributed by atoms with van der Waals surface area (Å²) in [6.07, 6.45) is 3.88. The fraction of sp³-hybridized carbons (Fsp3) is 0.611. The van der Waals surface area contributed by atoms with Gasteiger partial charge in [0.05, 0.1) is 5.60 Å². The van der Waals surface area contributed by atoms with Gasteiger partial charge in [-0.1, -0.05) is 0 Å². The summed E-state index contributed by atoms with van der Waals surface area (Å²) in [4.78, 5) is 12.2. The summed E-state index contributed by atoms with van der Waals surface area (Å²) in [7, 11) is 1.55. The number of amides is 1. The quantitative estimate of drug-likeness (QED) is 0.629. The van der Waals surface area contributed by atoms with Crippen LogP contribution in [0.15, 0.2) is 24.3 Å². The molecule has 1 amide bonds. The van der Waals surface area contributed by atoms with Crippen molar-refractivity contribution < 1.29 is 24.5 Å². The molecule has 0 unspecified atom stereocenters. The second-order valence-corrected chi connectivity index (χ2v) is 6.44. The molecule has 0 bridgehead atoms. The number of ether oxygens (including phenoxy) is 2. The Morgan fingerprint density at radius 3 is 2.54 bits per heavy atom. The van der Waals surface area contributed by atoms with E-state index in [0.29, 0.717) is 30.1 Å². The number of nitrogens with one attached hydrogen (secondary N) is 1. The van der Waals surface area contributed by atoms with Crippen molar-refractivity contribution in [2.75, 3.05) is 27.1 Å². The van der Waals surface area contributed by atoms with E-state index in [9.17, 15) is 9.90 Å². The van der Waals surface area contributed by atoms with Gasteiger partial charge in [0.1, 0.15) is 5.75 Å². The fourth-order valence-corrected chi connectivity index (χ4v) is 3.04. The smallest absolute Gasteiger partial charge is 0.251 e. The molecule has 0 aromatic heterocycles. The molecular weight excluding hydrogens is 310 g/mol. The maximum absolute atomic E-state index is 12.2. The molecule has 6 heteroatoms. The van der Waals surface area contributed by atoms with Crippen LogP contribution in [0.4, 0.5) is 0 Å². The summed E-state index contributed by atoms with van der Waals surface area (Å²) in [6.45, 7) is 0.610. The zero-order valence-electron chi connectivity index (χ0n) is 14.2. The molecule has 24 heavy (non-hydrogen) atoms. The summed E-state index contributed by atoms with van der Waals surface area (Å²) in [5, 5.41) is 22.4. The summed E-state index contributed by atoms with van der Waals surface area (Å²) >= 11 is 0. The zero-order chi connectivity index (χ0) is 17.4. The molecule has 0 atom stereocenters. The summed E-state index contributed by atoms with van der Waals surface area (Å²) in [5.41, 5.74) is -0.319. The highest BCUT2D eigenvalue weighted by Gasteiger charge is 2.33. The zero-order valence-corrected chi connectivity index (χ0v) is 14.2. The largest absolute Gasteiger partial charge is 0.468 e. The van der Waals surface area contributed by atoms with Crippen molar-refractivity contribution in [1.82, 2.24) is 5.32 Å². The van der Waals surface area contributed by atoms with Crippen LogP contribution in [-0.4, -0.2) is 48.8 Å². The van der Waals surface area contributed by atoms with Crippen LogP contribution in [0.1, 0.15) is 42.5 Å². The van der Waals surface area contributed by atoms with E-state index in [0.717, 1.165) is 19.3 Å². The van der Waals surface area contributed by atoms with E-state index >= 15 is 0 Å². The average molecular weight is 337 g/mol. The first-order valence-corrected chi connectivity index (χ1v) is 8.39. The second kappa shape index (κ2) is 9.01. The number of methoxy groups -OCH3 is 1. The molecule has 2 rings (SSSR count). The van der Waals surface area contributed by atoms with Crippen LogP contribution >= 0.6 is 0 Å². The van der Waals surface area contributed by atoms with Crippen molar-refractivity contribution in [3.05, 3.63) is 29.8 Å². The van der Waals surface area contributed by atoms with Crippen LogP contribution in [-0.2, 0) is 4.74 Å². The molecule has 0 radical (unpaired) electrons. The van der Waals surface area contributed by atoms with Gasteiger partial charge in [0.2, 0.25) is 0 Å². The van der Waals surface area contributed by atoms with Gasteiger partial charge in [-0.25, -0.2) is 0 Å². The molecule has 6 nitrogen and oxygen atoms in total. The van der Waals surface area contributed by atoms with Gasteiger partial charge in [-0.05, 0) is 62.3 Å². The number of rotatable bonds is 8. The van der Waals surface area contributed by atoms with E-state index in [4.69, 9.17) is 14.6 Å². The fourth-order valence-electron chi connectivity index (χ4n) is 3.04. The number of aliphatic hydroxyl groups is 2. The van der Waals surface area contributed by atoms with Gasteiger partial charge < -0.3 is 25.0 Å². The van der Waals surface area contributed by atoms with E-state index < -0.39 is 5.60 Å². The van der Waals surface area contributed by atoms with Crippen molar-refractivity contribution in [3.63, 3.8) is 0 Å². The Hall–Kier alpha value is -1.63. The van der Waals surface area contributed by atoms with Crippen molar-refractivity contribution in [2.24, 2.45) is 5.92 Å². The number of carbonyl (C=O) groups is 1. The molecule has 3 N–H and O–H groups in total. The van der Waals surface area contributed by atoms with Crippen LogP contribution in [0, 0.1) is 5.92 Å². The highest BCUT2D eigenvalue weighted by Crippen LogP contribution is 2.33. The maximum atomic E-state index is 12.2. The van der Waals surface area contributed by atoms with Crippen LogP contribution in [0.5, 0.6) is 5.75 Å². The molecule has 0 heterocycles. The lowest BCUT2D eigenvalue weighted by Crippen LogP contribution is -2.45. The van der Waals surface area contributed by atoms with Crippen LogP contribution < -0.4 is 10.1 Å². The minimum Gasteiger partial charge on any atom is -0.468 e. The number of hydrogen-bond donors (Lipinski definition) is 3. The summed E-state index contributed by atoms with van der Waals surface area (Å²) < 4.78 is 10.1.